The number of nitrogens with zero attached hydrogens (tertiary/aromatic N) is 3. The first-order valence-electron chi connectivity index (χ1n) is 8.92. The van der Waals surface area contributed by atoms with E-state index in [-0.39, 0.29) is 13.0 Å². The summed E-state index contributed by atoms with van der Waals surface area (Å²) < 4.78 is 13.3. The number of carboxylic acids is 1. The molecule has 0 aliphatic heterocycles. The number of oxazole rings is 1. The van der Waals surface area contributed by atoms with Crippen LogP contribution >= 0.6 is 0 Å². The smallest absolute Gasteiger partial charge is 0.305 e. The van der Waals surface area contributed by atoms with Gasteiger partial charge in [0.2, 0.25) is 5.89 Å². The Kier molecular flexibility index (Phi) is 4.80. The Morgan fingerprint density at radius 3 is 2.82 bits per heavy atom. The molecule has 4 aromatic rings. The van der Waals surface area contributed by atoms with Crippen molar-refractivity contribution in [3.8, 4) is 17.2 Å². The standard InChI is InChI=1S/C21H19N3O4/c1-14-18(23-21(28-14)15-5-3-2-4-6-15)13-27-17-8-7-16-12-22-24(19(16)11-17)10-9-20(25)26/h2-8,11-12H,9-10,13H2,1H3,(H,25,26). The molecule has 0 aliphatic rings. The average Bonchev–Trinajstić information content (AvgIpc) is 3.28. The summed E-state index contributed by atoms with van der Waals surface area (Å²) in [6.45, 7) is 2.45. The SMILES string of the molecule is Cc1oc(-c2ccccc2)nc1COc1ccc2cnn(CCC(=O)O)c2c1. The Hall–Kier alpha value is -3.61. The van der Waals surface area contributed by atoms with Gasteiger partial charge in [-0.15, -0.1) is 0 Å². The number of ether oxygens (including phenoxy) is 1. The summed E-state index contributed by atoms with van der Waals surface area (Å²) >= 11 is 0. The molecule has 0 bridgehead atoms. The van der Waals surface area contributed by atoms with E-state index in [1.54, 1.807) is 10.9 Å². The van der Waals surface area contributed by atoms with Crippen LogP contribution in [0, 0.1) is 6.92 Å². The van der Waals surface area contributed by atoms with Gasteiger partial charge in [-0.25, -0.2) is 4.98 Å². The number of fused-ring (bicyclic) bond motifs is 1. The van der Waals surface area contributed by atoms with Crippen molar-refractivity contribution in [2.75, 3.05) is 0 Å². The fourth-order valence-electron chi connectivity index (χ4n) is 2.94. The van der Waals surface area contributed by atoms with E-state index in [1.807, 2.05) is 55.5 Å². The number of hydrogen-bond acceptors (Lipinski definition) is 5. The molecule has 0 spiro atoms. The van der Waals surface area contributed by atoms with Gasteiger partial charge in [-0.1, -0.05) is 18.2 Å². The van der Waals surface area contributed by atoms with Gasteiger partial charge < -0.3 is 14.3 Å². The molecule has 142 valence electrons. The maximum atomic E-state index is 10.8. The molecule has 2 heterocycles. The number of benzene rings is 2. The highest BCUT2D eigenvalue weighted by molar-refractivity contribution is 5.80. The number of aliphatic carboxylic acids is 1. The Bertz CT molecular complexity index is 1120. The Balaban J connectivity index is 1.50. The summed E-state index contributed by atoms with van der Waals surface area (Å²) in [6, 6.07) is 15.3. The highest BCUT2D eigenvalue weighted by atomic mass is 16.5. The van der Waals surface area contributed by atoms with Gasteiger partial charge in [-0.05, 0) is 31.2 Å². The maximum Gasteiger partial charge on any atom is 0.305 e. The number of aryl methyl sites for hydroxylation is 2. The molecule has 0 saturated carbocycles. The van der Waals surface area contributed by atoms with E-state index in [2.05, 4.69) is 10.1 Å². The third-order valence-electron chi connectivity index (χ3n) is 4.44. The zero-order valence-corrected chi connectivity index (χ0v) is 15.3. The van der Waals surface area contributed by atoms with Crippen molar-refractivity contribution in [2.45, 2.75) is 26.5 Å². The summed E-state index contributed by atoms with van der Waals surface area (Å²) in [4.78, 5) is 15.4. The molecule has 0 amide bonds. The van der Waals surface area contributed by atoms with Gasteiger partial charge in [0.25, 0.3) is 0 Å². The predicted octanol–water partition coefficient (Wildman–Crippen LogP) is 4.05. The molecular weight excluding hydrogens is 358 g/mol. The summed E-state index contributed by atoms with van der Waals surface area (Å²) in [5.74, 6) is 1.09. The van der Waals surface area contributed by atoms with Crippen LogP contribution in [0.25, 0.3) is 22.4 Å². The summed E-state index contributed by atoms with van der Waals surface area (Å²) in [6.07, 6.45) is 1.73. The first-order valence-corrected chi connectivity index (χ1v) is 8.92. The quantitative estimate of drug-likeness (QED) is 0.522. The van der Waals surface area contributed by atoms with Crippen molar-refractivity contribution >= 4 is 16.9 Å². The van der Waals surface area contributed by atoms with Gasteiger partial charge in [0.05, 0.1) is 24.7 Å². The first kappa shape index (κ1) is 17.8. The molecule has 4 rings (SSSR count). The predicted molar refractivity (Wildman–Crippen MR) is 103 cm³/mol. The van der Waals surface area contributed by atoms with Crippen molar-refractivity contribution in [2.24, 2.45) is 0 Å². The second-order valence-electron chi connectivity index (χ2n) is 6.41. The lowest BCUT2D eigenvalue weighted by atomic mass is 10.2. The topological polar surface area (TPSA) is 90.4 Å². The molecule has 7 heteroatoms. The molecule has 0 atom stereocenters. The van der Waals surface area contributed by atoms with Crippen molar-refractivity contribution < 1.29 is 19.1 Å². The molecule has 0 fully saturated rings. The molecule has 28 heavy (non-hydrogen) atoms. The average molecular weight is 377 g/mol. The minimum absolute atomic E-state index is 0.0161. The zero-order chi connectivity index (χ0) is 19.5. The van der Waals surface area contributed by atoms with Gasteiger partial charge in [-0.3, -0.25) is 9.48 Å². The summed E-state index contributed by atoms with van der Waals surface area (Å²) in [7, 11) is 0. The van der Waals surface area contributed by atoms with Crippen molar-refractivity contribution in [1.82, 2.24) is 14.8 Å². The van der Waals surface area contributed by atoms with Crippen LogP contribution in [0.3, 0.4) is 0 Å². The largest absolute Gasteiger partial charge is 0.487 e. The Morgan fingerprint density at radius 2 is 2.04 bits per heavy atom. The van der Waals surface area contributed by atoms with E-state index >= 15 is 0 Å². The highest BCUT2D eigenvalue weighted by Gasteiger charge is 2.12. The highest BCUT2D eigenvalue weighted by Crippen LogP contribution is 2.24. The third-order valence-corrected chi connectivity index (χ3v) is 4.44. The molecule has 7 nitrogen and oxygen atoms in total. The van der Waals surface area contributed by atoms with Gasteiger partial charge in [0.15, 0.2) is 0 Å². The van der Waals surface area contributed by atoms with Gasteiger partial charge in [0, 0.05) is 17.0 Å². The van der Waals surface area contributed by atoms with Crippen LogP contribution in [0.4, 0.5) is 0 Å². The molecule has 2 aromatic carbocycles. The van der Waals surface area contributed by atoms with E-state index in [4.69, 9.17) is 14.3 Å². The van der Waals surface area contributed by atoms with Crippen LogP contribution < -0.4 is 4.74 Å². The lowest BCUT2D eigenvalue weighted by molar-refractivity contribution is -0.137. The van der Waals surface area contributed by atoms with Gasteiger partial charge in [0.1, 0.15) is 23.8 Å². The number of hydrogen-bond donors (Lipinski definition) is 1. The van der Waals surface area contributed by atoms with Crippen molar-refractivity contribution in [3.63, 3.8) is 0 Å². The lowest BCUT2D eigenvalue weighted by Gasteiger charge is -2.06. The van der Waals surface area contributed by atoms with Crippen LogP contribution in [-0.4, -0.2) is 25.8 Å². The van der Waals surface area contributed by atoms with E-state index in [0.29, 0.717) is 23.9 Å². The Morgan fingerprint density at radius 1 is 1.21 bits per heavy atom. The molecule has 1 N–H and O–H groups in total. The monoisotopic (exact) mass is 377 g/mol. The summed E-state index contributed by atoms with van der Waals surface area (Å²) in [5, 5.41) is 14.1. The maximum absolute atomic E-state index is 10.8. The molecule has 0 aliphatic carbocycles. The summed E-state index contributed by atoms with van der Waals surface area (Å²) in [5.41, 5.74) is 2.49. The molecule has 0 radical (unpaired) electrons. The zero-order valence-electron chi connectivity index (χ0n) is 15.3. The van der Waals surface area contributed by atoms with Crippen LogP contribution in [0.2, 0.25) is 0 Å². The van der Waals surface area contributed by atoms with E-state index in [1.165, 1.54) is 0 Å². The van der Waals surface area contributed by atoms with Crippen molar-refractivity contribution in [3.05, 3.63) is 66.2 Å². The third kappa shape index (κ3) is 3.73. The van der Waals surface area contributed by atoms with Crippen LogP contribution in [-0.2, 0) is 17.9 Å². The molecule has 2 aromatic heterocycles. The van der Waals surface area contributed by atoms with E-state index in [0.717, 1.165) is 22.2 Å². The molecule has 0 unspecified atom stereocenters. The van der Waals surface area contributed by atoms with Crippen LogP contribution in [0.15, 0.2) is 59.1 Å². The number of carbonyl (C=O) groups is 1. The second-order valence-corrected chi connectivity index (χ2v) is 6.41. The minimum Gasteiger partial charge on any atom is -0.487 e. The lowest BCUT2D eigenvalue weighted by Crippen LogP contribution is -2.05. The van der Waals surface area contributed by atoms with Gasteiger partial charge in [-0.2, -0.15) is 5.10 Å². The second kappa shape index (κ2) is 7.56. The molecule has 0 saturated heterocycles. The fourth-order valence-corrected chi connectivity index (χ4v) is 2.94. The first-order chi connectivity index (χ1) is 13.6. The fraction of sp³-hybridized carbons (Fsp3) is 0.190. The van der Waals surface area contributed by atoms with Crippen LogP contribution in [0.1, 0.15) is 17.9 Å². The number of rotatable bonds is 7. The number of aromatic nitrogens is 3. The van der Waals surface area contributed by atoms with E-state index in [9.17, 15) is 4.79 Å². The van der Waals surface area contributed by atoms with Crippen molar-refractivity contribution in [1.29, 1.82) is 0 Å². The minimum atomic E-state index is -0.855. The Labute approximate surface area is 161 Å². The number of carboxylic acid groups (broad SMARTS) is 1. The van der Waals surface area contributed by atoms with Crippen LogP contribution in [0.5, 0.6) is 5.75 Å². The normalized spacial score (nSPS) is 11.0. The van der Waals surface area contributed by atoms with E-state index < -0.39 is 5.97 Å². The molecular formula is C21H19N3O4. The van der Waals surface area contributed by atoms with Gasteiger partial charge >= 0.3 is 5.97 Å².